The minimum absolute atomic E-state index is 0.0523. The lowest BCUT2D eigenvalue weighted by molar-refractivity contribution is -0.114. The number of carbonyl (C=O) groups excluding carboxylic acids is 1. The molecule has 0 spiro atoms. The Balaban J connectivity index is 1.71. The zero-order chi connectivity index (χ0) is 22.0. The van der Waals surface area contributed by atoms with Crippen LogP contribution in [0.1, 0.15) is 75.8 Å². The van der Waals surface area contributed by atoms with Gasteiger partial charge in [-0.1, -0.05) is 30.6 Å². The highest BCUT2D eigenvalue weighted by Crippen LogP contribution is 2.66. The predicted octanol–water partition coefficient (Wildman–Crippen LogP) is 5.79. The van der Waals surface area contributed by atoms with E-state index in [9.17, 15) is 14.3 Å². The summed E-state index contributed by atoms with van der Waals surface area (Å²) in [6.45, 7) is 5.81. The van der Waals surface area contributed by atoms with E-state index in [1.54, 1.807) is 19.9 Å². The van der Waals surface area contributed by atoms with Gasteiger partial charge in [0.2, 0.25) is 0 Å². The van der Waals surface area contributed by atoms with Crippen LogP contribution in [0.3, 0.4) is 0 Å². The van der Waals surface area contributed by atoms with Gasteiger partial charge in [-0.15, -0.1) is 5.92 Å². The van der Waals surface area contributed by atoms with Crippen molar-refractivity contribution in [2.24, 2.45) is 17.3 Å². The molecule has 0 radical (unpaired) electrons. The van der Waals surface area contributed by atoms with E-state index in [0.717, 1.165) is 37.7 Å². The summed E-state index contributed by atoms with van der Waals surface area (Å²) in [4.78, 5) is 12.1. The lowest BCUT2D eigenvalue weighted by Crippen LogP contribution is -2.51. The number of ketones is 1. The van der Waals surface area contributed by atoms with Crippen molar-refractivity contribution in [1.82, 2.24) is 0 Å². The Morgan fingerprint density at radius 1 is 1.19 bits per heavy atom. The fourth-order valence-corrected chi connectivity index (χ4v) is 7.20. The number of halogens is 1. The highest BCUT2D eigenvalue weighted by atomic mass is 19.1. The van der Waals surface area contributed by atoms with Gasteiger partial charge in [-0.3, -0.25) is 4.79 Å². The number of allylic oxidation sites excluding steroid dienone is 4. The zero-order valence-electron chi connectivity index (χ0n) is 18.7. The largest absolute Gasteiger partial charge is 0.377 e. The van der Waals surface area contributed by atoms with Gasteiger partial charge in [0.25, 0.3) is 0 Å². The fraction of sp³-hybridized carbons (Fsp3) is 0.536. The molecule has 1 aromatic carbocycles. The average molecular weight is 419 g/mol. The number of aryl methyl sites for hydroxylation is 1. The number of carbonyl (C=O) groups is 1. The van der Waals surface area contributed by atoms with Crippen LogP contribution in [0.5, 0.6) is 0 Å². The van der Waals surface area contributed by atoms with Crippen molar-refractivity contribution in [2.75, 3.05) is 0 Å². The Morgan fingerprint density at radius 2 is 2.00 bits per heavy atom. The highest BCUT2D eigenvalue weighted by Gasteiger charge is 2.62. The first-order valence-electron chi connectivity index (χ1n) is 11.7. The smallest absolute Gasteiger partial charge is 0.156 e. The van der Waals surface area contributed by atoms with Gasteiger partial charge >= 0.3 is 0 Å². The molecule has 5 rings (SSSR count). The second-order valence-corrected chi connectivity index (χ2v) is 10.3. The monoisotopic (exact) mass is 418 g/mol. The van der Waals surface area contributed by atoms with E-state index in [0.29, 0.717) is 30.2 Å². The van der Waals surface area contributed by atoms with Gasteiger partial charge in [-0.2, -0.15) is 0 Å². The van der Waals surface area contributed by atoms with Crippen LogP contribution < -0.4 is 0 Å². The molecule has 0 bridgehead atoms. The summed E-state index contributed by atoms with van der Waals surface area (Å²) in [7, 11) is 0. The maximum atomic E-state index is 14.6. The van der Waals surface area contributed by atoms with Crippen LogP contribution in [0.15, 0.2) is 41.0 Å². The van der Waals surface area contributed by atoms with Gasteiger partial charge in [-0.05, 0) is 98.6 Å². The number of fused-ring (bicyclic) bond motifs is 4. The molecule has 0 amide bonds. The average Bonchev–Trinajstić information content (AvgIpc) is 3.00. The Kier molecular flexibility index (Phi) is 4.79. The molecule has 3 heteroatoms. The standard InChI is InChI=1S/C28H31FO2/c1-4-12-28(31)13-11-24-22-9-7-18-14-20(30)8-10-21(18)26(22)23(16-27(24,28)3)19-6-5-17(2)25(29)15-19/h5-6,14-15,22-24,31H,7-11,13,16H2,1-3H3/t22-,23+,24-,27-,28-/m0/s1. The summed E-state index contributed by atoms with van der Waals surface area (Å²) < 4.78 is 14.6. The molecule has 4 aliphatic carbocycles. The topological polar surface area (TPSA) is 37.3 Å². The molecule has 2 saturated carbocycles. The van der Waals surface area contributed by atoms with E-state index in [-0.39, 0.29) is 22.9 Å². The summed E-state index contributed by atoms with van der Waals surface area (Å²) in [6.07, 6.45) is 7.58. The van der Waals surface area contributed by atoms with E-state index in [2.05, 4.69) is 24.8 Å². The molecule has 0 heterocycles. The number of hydrogen-bond acceptors (Lipinski definition) is 2. The second kappa shape index (κ2) is 7.17. The van der Waals surface area contributed by atoms with E-state index in [4.69, 9.17) is 0 Å². The van der Waals surface area contributed by atoms with E-state index < -0.39 is 5.60 Å². The summed E-state index contributed by atoms with van der Waals surface area (Å²) >= 11 is 0. The quantitative estimate of drug-likeness (QED) is 0.586. The van der Waals surface area contributed by atoms with Crippen molar-refractivity contribution < 1.29 is 14.3 Å². The van der Waals surface area contributed by atoms with Gasteiger partial charge in [0, 0.05) is 17.8 Å². The molecule has 162 valence electrons. The summed E-state index contributed by atoms with van der Waals surface area (Å²) in [5.74, 6) is 6.99. The normalized spacial score (nSPS) is 36.7. The Labute approximate surface area is 184 Å². The van der Waals surface area contributed by atoms with Gasteiger partial charge in [0.05, 0.1) is 0 Å². The summed E-state index contributed by atoms with van der Waals surface area (Å²) in [5, 5.41) is 11.6. The van der Waals surface area contributed by atoms with Crippen LogP contribution in [0.25, 0.3) is 0 Å². The van der Waals surface area contributed by atoms with Crippen molar-refractivity contribution in [2.45, 2.75) is 77.2 Å². The van der Waals surface area contributed by atoms with Crippen molar-refractivity contribution in [3.05, 3.63) is 57.9 Å². The van der Waals surface area contributed by atoms with Crippen LogP contribution in [-0.2, 0) is 4.79 Å². The molecule has 0 aliphatic heterocycles. The van der Waals surface area contributed by atoms with Gasteiger partial charge in [-0.25, -0.2) is 4.39 Å². The van der Waals surface area contributed by atoms with Crippen molar-refractivity contribution >= 4 is 5.78 Å². The molecule has 0 saturated heterocycles. The zero-order valence-corrected chi connectivity index (χ0v) is 18.7. The van der Waals surface area contributed by atoms with Gasteiger partial charge in [0.15, 0.2) is 5.78 Å². The number of hydrogen-bond donors (Lipinski definition) is 1. The minimum atomic E-state index is -0.997. The first-order chi connectivity index (χ1) is 14.8. The third-order valence-electron chi connectivity index (χ3n) is 8.82. The van der Waals surface area contributed by atoms with Crippen molar-refractivity contribution in [3.63, 3.8) is 0 Å². The lowest BCUT2D eigenvalue weighted by atomic mass is 9.51. The van der Waals surface area contributed by atoms with E-state index in [1.807, 2.05) is 12.1 Å². The molecule has 2 nitrogen and oxygen atoms in total. The SMILES string of the molecule is CC#C[C@]1(O)CC[C@H]2[C@@H]3CCC4=CC(=O)CCC4=C3[C@@H](c3ccc(C)c(F)c3)C[C@@]21C. The molecule has 31 heavy (non-hydrogen) atoms. The Morgan fingerprint density at radius 3 is 2.74 bits per heavy atom. The molecule has 5 atom stereocenters. The third kappa shape index (κ3) is 2.99. The third-order valence-corrected chi connectivity index (χ3v) is 8.82. The number of benzene rings is 1. The molecule has 0 aromatic heterocycles. The molecule has 1 aromatic rings. The Hall–Kier alpha value is -2.18. The van der Waals surface area contributed by atoms with Crippen LogP contribution >= 0.6 is 0 Å². The van der Waals surface area contributed by atoms with E-state index >= 15 is 0 Å². The molecule has 1 N–H and O–H groups in total. The Bertz CT molecular complexity index is 1080. The molecule has 4 aliphatic rings. The van der Waals surface area contributed by atoms with Gasteiger partial charge < -0.3 is 5.11 Å². The second-order valence-electron chi connectivity index (χ2n) is 10.3. The molecular weight excluding hydrogens is 387 g/mol. The van der Waals surface area contributed by atoms with Crippen LogP contribution in [0, 0.1) is 41.8 Å². The molecule has 2 fully saturated rings. The maximum absolute atomic E-state index is 14.6. The van der Waals surface area contributed by atoms with Crippen molar-refractivity contribution in [1.29, 1.82) is 0 Å². The van der Waals surface area contributed by atoms with E-state index in [1.165, 1.54) is 16.7 Å². The molecule has 0 unspecified atom stereocenters. The summed E-state index contributed by atoms with van der Waals surface area (Å²) in [6, 6.07) is 5.62. The van der Waals surface area contributed by atoms with Crippen LogP contribution in [-0.4, -0.2) is 16.5 Å². The minimum Gasteiger partial charge on any atom is -0.377 e. The summed E-state index contributed by atoms with van der Waals surface area (Å²) in [5.41, 5.74) is 4.29. The van der Waals surface area contributed by atoms with Gasteiger partial charge in [0.1, 0.15) is 11.4 Å². The number of rotatable bonds is 1. The molecular formula is C28H31FO2. The number of aliphatic hydroxyl groups is 1. The predicted molar refractivity (Wildman–Crippen MR) is 120 cm³/mol. The first kappa shape index (κ1) is 20.7. The van der Waals surface area contributed by atoms with Crippen LogP contribution in [0.2, 0.25) is 0 Å². The first-order valence-corrected chi connectivity index (χ1v) is 11.7. The highest BCUT2D eigenvalue weighted by molar-refractivity contribution is 5.93. The fourth-order valence-electron chi connectivity index (χ4n) is 7.20. The maximum Gasteiger partial charge on any atom is 0.156 e. The lowest BCUT2D eigenvalue weighted by Gasteiger charge is -2.53. The van der Waals surface area contributed by atoms with Crippen molar-refractivity contribution in [3.8, 4) is 11.8 Å². The van der Waals surface area contributed by atoms with Crippen LogP contribution in [0.4, 0.5) is 4.39 Å².